The highest BCUT2D eigenvalue weighted by molar-refractivity contribution is 6.42. The van der Waals surface area contributed by atoms with Crippen LogP contribution in [0.3, 0.4) is 0 Å². The van der Waals surface area contributed by atoms with Gasteiger partial charge in [0, 0.05) is 5.02 Å². The number of aromatic amines is 1. The molecule has 0 amide bonds. The minimum absolute atomic E-state index is 0.191. The molecule has 3 aromatic rings. The normalized spacial score (nSPS) is 12.3. The summed E-state index contributed by atoms with van der Waals surface area (Å²) in [7, 11) is 0. The molecular formula is C16H9Cl3N2O3. The molecule has 0 saturated carbocycles. The predicted molar refractivity (Wildman–Crippen MR) is 93.1 cm³/mol. The maximum atomic E-state index is 12.4. The van der Waals surface area contributed by atoms with Crippen molar-refractivity contribution < 1.29 is 9.90 Å². The molecule has 0 aliphatic rings. The smallest absolute Gasteiger partial charge is 0.278 e. The van der Waals surface area contributed by atoms with E-state index in [1.807, 2.05) is 0 Å². The molecule has 0 spiro atoms. The van der Waals surface area contributed by atoms with Crippen molar-refractivity contribution in [3.63, 3.8) is 0 Å². The first-order valence-electron chi connectivity index (χ1n) is 6.73. The van der Waals surface area contributed by atoms with Gasteiger partial charge in [0.05, 0.1) is 21.1 Å². The second-order valence-electron chi connectivity index (χ2n) is 5.02. The predicted octanol–water partition coefficient (Wildman–Crippen LogP) is 3.80. The number of H-pyrrole nitrogens is 1. The quantitative estimate of drug-likeness (QED) is 0.674. The third-order valence-corrected chi connectivity index (χ3v) is 4.37. The van der Waals surface area contributed by atoms with Crippen molar-refractivity contribution >= 4 is 51.6 Å². The molecule has 1 aromatic heterocycles. The lowest BCUT2D eigenvalue weighted by atomic mass is 10.0. The van der Waals surface area contributed by atoms with Gasteiger partial charge in [-0.05, 0) is 35.9 Å². The number of aliphatic hydroxyl groups is 1. The molecule has 8 heteroatoms. The third kappa shape index (κ3) is 3.16. The largest absolute Gasteiger partial charge is 0.380 e. The average Bonchev–Trinajstić information content (AvgIpc) is 2.55. The van der Waals surface area contributed by atoms with Gasteiger partial charge in [0.2, 0.25) is 5.78 Å². The van der Waals surface area contributed by atoms with E-state index >= 15 is 0 Å². The number of carbonyl (C=O) groups excluding carboxylic acids is 1. The lowest BCUT2D eigenvalue weighted by Gasteiger charge is -2.10. The summed E-state index contributed by atoms with van der Waals surface area (Å²) >= 11 is 17.5. The fourth-order valence-electron chi connectivity index (χ4n) is 2.19. The van der Waals surface area contributed by atoms with Gasteiger partial charge in [0.25, 0.3) is 5.56 Å². The number of benzene rings is 2. The van der Waals surface area contributed by atoms with E-state index in [1.165, 1.54) is 24.3 Å². The van der Waals surface area contributed by atoms with Gasteiger partial charge < -0.3 is 10.1 Å². The van der Waals surface area contributed by atoms with Crippen LogP contribution in [0.4, 0.5) is 0 Å². The molecule has 2 N–H and O–H groups in total. The summed E-state index contributed by atoms with van der Waals surface area (Å²) in [4.78, 5) is 31.1. The summed E-state index contributed by atoms with van der Waals surface area (Å²) in [6, 6.07) is 8.94. The van der Waals surface area contributed by atoms with E-state index in [1.54, 1.807) is 12.1 Å². The van der Waals surface area contributed by atoms with Gasteiger partial charge in [-0.2, -0.15) is 0 Å². The van der Waals surface area contributed by atoms with Crippen LogP contribution in [0.1, 0.15) is 22.2 Å². The van der Waals surface area contributed by atoms with Crippen molar-refractivity contribution in [2.75, 3.05) is 0 Å². The Hall–Kier alpha value is -1.92. The molecule has 0 aliphatic carbocycles. The number of ketones is 1. The number of nitrogens with one attached hydrogen (secondary N) is 1. The number of nitrogens with zero attached hydrogens (tertiary/aromatic N) is 1. The summed E-state index contributed by atoms with van der Waals surface area (Å²) in [6.45, 7) is 0. The summed E-state index contributed by atoms with van der Waals surface area (Å²) in [5, 5.41) is 11.1. The van der Waals surface area contributed by atoms with Gasteiger partial charge in [-0.15, -0.1) is 0 Å². The lowest BCUT2D eigenvalue weighted by Crippen LogP contribution is -2.24. The van der Waals surface area contributed by atoms with Crippen molar-refractivity contribution in [2.45, 2.75) is 6.10 Å². The molecule has 0 radical (unpaired) electrons. The van der Waals surface area contributed by atoms with Crippen LogP contribution >= 0.6 is 34.8 Å². The molecule has 2 aromatic carbocycles. The standard InChI is InChI=1S/C16H9Cl3N2O3/c17-8-2-4-11-12(6-8)21-16(24)13(20-11)15(23)14(22)7-1-3-9(18)10(19)5-7/h1-6,14,22H,(H,21,24)/t14-/m0/s1. The van der Waals surface area contributed by atoms with Crippen LogP contribution in [0.5, 0.6) is 0 Å². The molecule has 24 heavy (non-hydrogen) atoms. The topological polar surface area (TPSA) is 83.0 Å². The van der Waals surface area contributed by atoms with Crippen LogP contribution in [0, 0.1) is 0 Å². The zero-order chi connectivity index (χ0) is 17.4. The van der Waals surface area contributed by atoms with Crippen molar-refractivity contribution in [3.05, 3.63) is 73.1 Å². The van der Waals surface area contributed by atoms with Gasteiger partial charge in [-0.25, -0.2) is 4.98 Å². The Morgan fingerprint density at radius 2 is 1.83 bits per heavy atom. The fourth-order valence-corrected chi connectivity index (χ4v) is 2.67. The molecule has 0 bridgehead atoms. The van der Waals surface area contributed by atoms with Gasteiger partial charge in [-0.3, -0.25) is 9.59 Å². The molecule has 0 aliphatic heterocycles. The van der Waals surface area contributed by atoms with E-state index in [2.05, 4.69) is 9.97 Å². The minimum atomic E-state index is -1.59. The van der Waals surface area contributed by atoms with Crippen LogP contribution in [-0.4, -0.2) is 20.9 Å². The molecule has 5 nitrogen and oxygen atoms in total. The van der Waals surface area contributed by atoms with E-state index in [0.717, 1.165) is 0 Å². The van der Waals surface area contributed by atoms with E-state index < -0.39 is 23.1 Å². The summed E-state index contributed by atoms with van der Waals surface area (Å²) < 4.78 is 0. The Bertz CT molecular complexity index is 1020. The maximum absolute atomic E-state index is 12.4. The highest BCUT2D eigenvalue weighted by Gasteiger charge is 2.24. The summed E-state index contributed by atoms with van der Waals surface area (Å²) in [6.07, 6.45) is -1.59. The van der Waals surface area contributed by atoms with Crippen LogP contribution in [0.2, 0.25) is 15.1 Å². The van der Waals surface area contributed by atoms with Gasteiger partial charge in [0.1, 0.15) is 6.10 Å². The number of halogens is 3. The Morgan fingerprint density at radius 3 is 2.54 bits per heavy atom. The average molecular weight is 384 g/mol. The first-order chi connectivity index (χ1) is 11.4. The van der Waals surface area contributed by atoms with Crippen LogP contribution in [0.15, 0.2) is 41.2 Å². The minimum Gasteiger partial charge on any atom is -0.380 e. The second-order valence-corrected chi connectivity index (χ2v) is 6.27. The highest BCUT2D eigenvalue weighted by atomic mass is 35.5. The fraction of sp³-hybridized carbons (Fsp3) is 0.0625. The van der Waals surface area contributed by atoms with Gasteiger partial charge in [0.15, 0.2) is 5.69 Å². The number of hydrogen-bond acceptors (Lipinski definition) is 4. The molecule has 1 atom stereocenters. The van der Waals surface area contributed by atoms with Crippen molar-refractivity contribution in [2.24, 2.45) is 0 Å². The van der Waals surface area contributed by atoms with Crippen LogP contribution in [0.25, 0.3) is 11.0 Å². The number of hydrogen-bond donors (Lipinski definition) is 2. The molecule has 0 saturated heterocycles. The molecule has 3 rings (SSSR count). The van der Waals surface area contributed by atoms with Crippen molar-refractivity contribution in [1.82, 2.24) is 9.97 Å². The Balaban J connectivity index is 2.04. The van der Waals surface area contributed by atoms with Gasteiger partial charge >= 0.3 is 0 Å². The van der Waals surface area contributed by atoms with E-state index in [0.29, 0.717) is 21.1 Å². The molecule has 0 unspecified atom stereocenters. The van der Waals surface area contributed by atoms with Crippen molar-refractivity contribution in [1.29, 1.82) is 0 Å². The number of aliphatic hydroxyl groups excluding tert-OH is 1. The summed E-state index contributed by atoms with van der Waals surface area (Å²) in [5.74, 6) is -0.841. The van der Waals surface area contributed by atoms with E-state index in [9.17, 15) is 14.7 Å². The highest BCUT2D eigenvalue weighted by Crippen LogP contribution is 2.27. The van der Waals surface area contributed by atoms with E-state index in [-0.39, 0.29) is 10.6 Å². The molecule has 0 fully saturated rings. The van der Waals surface area contributed by atoms with Crippen molar-refractivity contribution in [3.8, 4) is 0 Å². The number of Topliss-reactive ketones (excluding diaryl/α,β-unsaturated/α-hetero) is 1. The van der Waals surface area contributed by atoms with Gasteiger partial charge in [-0.1, -0.05) is 40.9 Å². The molecule has 1 heterocycles. The second kappa shape index (κ2) is 6.53. The summed E-state index contributed by atoms with van der Waals surface area (Å²) in [5.41, 5.74) is -0.124. The number of aromatic nitrogens is 2. The number of rotatable bonds is 3. The first kappa shape index (κ1) is 16.9. The van der Waals surface area contributed by atoms with E-state index in [4.69, 9.17) is 34.8 Å². The Kier molecular flexibility index (Phi) is 4.60. The Morgan fingerprint density at radius 1 is 1.08 bits per heavy atom. The SMILES string of the molecule is O=C(c1nc2ccc(Cl)cc2[nH]c1=O)[C@@H](O)c1ccc(Cl)c(Cl)c1. The number of carbonyl (C=O) groups is 1. The molecular weight excluding hydrogens is 375 g/mol. The monoisotopic (exact) mass is 382 g/mol. The lowest BCUT2D eigenvalue weighted by molar-refractivity contribution is 0.0740. The maximum Gasteiger partial charge on any atom is 0.278 e. The first-order valence-corrected chi connectivity index (χ1v) is 7.87. The van der Waals surface area contributed by atoms with Crippen LogP contribution in [-0.2, 0) is 0 Å². The Labute approximate surface area is 150 Å². The molecule has 122 valence electrons. The third-order valence-electron chi connectivity index (χ3n) is 3.40. The van der Waals surface area contributed by atoms with Crippen LogP contribution < -0.4 is 5.56 Å². The zero-order valence-electron chi connectivity index (χ0n) is 11.9. The zero-order valence-corrected chi connectivity index (χ0v) is 14.2. The number of fused-ring (bicyclic) bond motifs is 1.